The second-order valence-corrected chi connectivity index (χ2v) is 6.60. The summed E-state index contributed by atoms with van der Waals surface area (Å²) in [7, 11) is 0. The number of pyridine rings is 1. The SMILES string of the molecule is Cc1cc(Nc2nc(N3C[C@@H]4C(N)[C@@H]4C3)nc3ncccc23)[nH]n1. The lowest BCUT2D eigenvalue weighted by Crippen LogP contribution is -2.29. The van der Waals surface area contributed by atoms with Gasteiger partial charge in [0.1, 0.15) is 11.6 Å². The molecule has 0 radical (unpaired) electrons. The Balaban J connectivity index is 1.54. The number of anilines is 3. The first kappa shape index (κ1) is 13.7. The predicted octanol–water partition coefficient (Wildman–Crippen LogP) is 1.19. The molecule has 1 aliphatic carbocycles. The molecular formula is C16H18N8. The number of hydrogen-bond acceptors (Lipinski definition) is 7. The molecule has 1 saturated carbocycles. The summed E-state index contributed by atoms with van der Waals surface area (Å²) >= 11 is 0. The van der Waals surface area contributed by atoms with Crippen molar-refractivity contribution < 1.29 is 0 Å². The van der Waals surface area contributed by atoms with Gasteiger partial charge >= 0.3 is 0 Å². The largest absolute Gasteiger partial charge is 0.340 e. The van der Waals surface area contributed by atoms with Crippen LogP contribution in [0.4, 0.5) is 17.6 Å². The van der Waals surface area contributed by atoms with Crippen LogP contribution in [0.1, 0.15) is 5.69 Å². The lowest BCUT2D eigenvalue weighted by atomic mass is 10.3. The number of piperidine rings is 1. The molecule has 4 heterocycles. The molecule has 0 bridgehead atoms. The van der Waals surface area contributed by atoms with Crippen LogP contribution >= 0.6 is 0 Å². The van der Waals surface area contributed by atoms with Gasteiger partial charge in [0.05, 0.1) is 11.1 Å². The minimum atomic E-state index is 0.352. The van der Waals surface area contributed by atoms with E-state index in [1.54, 1.807) is 6.20 Å². The molecule has 0 amide bonds. The first-order valence-corrected chi connectivity index (χ1v) is 8.11. The third-order valence-electron chi connectivity index (χ3n) is 4.96. The van der Waals surface area contributed by atoms with Crippen LogP contribution in [0.2, 0.25) is 0 Å². The molecule has 24 heavy (non-hydrogen) atoms. The van der Waals surface area contributed by atoms with Gasteiger partial charge in [0.2, 0.25) is 5.95 Å². The normalized spacial score (nSPS) is 25.1. The standard InChI is InChI=1S/C16H18N8/c1-8-5-12(23-22-8)19-15-9-3-2-4-18-14(9)20-16(21-15)24-6-10-11(7-24)13(10)17/h2-5,10-11,13H,6-7,17H2,1H3,(H2,18,19,20,21,22,23)/t10-,11+,13?. The third-order valence-corrected chi connectivity index (χ3v) is 4.96. The zero-order valence-corrected chi connectivity index (χ0v) is 13.3. The van der Waals surface area contributed by atoms with E-state index in [0.29, 0.717) is 29.5 Å². The number of aryl methyl sites for hydroxylation is 1. The van der Waals surface area contributed by atoms with Gasteiger partial charge in [-0.15, -0.1) is 0 Å². The molecule has 8 nitrogen and oxygen atoms in total. The number of H-pyrrole nitrogens is 1. The number of hydrogen-bond donors (Lipinski definition) is 3. The van der Waals surface area contributed by atoms with Gasteiger partial charge in [0, 0.05) is 31.4 Å². The maximum Gasteiger partial charge on any atom is 0.229 e. The fraction of sp³-hybridized carbons (Fsp3) is 0.375. The summed E-state index contributed by atoms with van der Waals surface area (Å²) in [5.74, 6) is 3.41. The summed E-state index contributed by atoms with van der Waals surface area (Å²) in [6.07, 6.45) is 1.75. The number of nitrogens with one attached hydrogen (secondary N) is 2. The van der Waals surface area contributed by atoms with E-state index in [2.05, 4.69) is 30.4 Å². The van der Waals surface area contributed by atoms with Crippen LogP contribution in [0.25, 0.3) is 11.0 Å². The topological polar surface area (TPSA) is 109 Å². The van der Waals surface area contributed by atoms with Gasteiger partial charge in [0.25, 0.3) is 0 Å². The van der Waals surface area contributed by atoms with E-state index in [1.807, 2.05) is 25.1 Å². The van der Waals surface area contributed by atoms with Crippen LogP contribution in [0.5, 0.6) is 0 Å². The van der Waals surface area contributed by atoms with E-state index < -0.39 is 0 Å². The zero-order valence-electron chi connectivity index (χ0n) is 13.3. The van der Waals surface area contributed by atoms with Crippen LogP contribution in [-0.4, -0.2) is 44.3 Å². The quantitative estimate of drug-likeness (QED) is 0.664. The van der Waals surface area contributed by atoms with E-state index in [9.17, 15) is 0 Å². The highest BCUT2D eigenvalue weighted by Crippen LogP contribution is 2.44. The maximum atomic E-state index is 6.03. The van der Waals surface area contributed by atoms with Crippen molar-refractivity contribution in [3.63, 3.8) is 0 Å². The van der Waals surface area contributed by atoms with Crippen LogP contribution in [0.3, 0.4) is 0 Å². The smallest absolute Gasteiger partial charge is 0.229 e. The average molecular weight is 322 g/mol. The lowest BCUT2D eigenvalue weighted by molar-refractivity contribution is 0.727. The third kappa shape index (κ3) is 2.10. The van der Waals surface area contributed by atoms with Crippen molar-refractivity contribution >= 4 is 28.6 Å². The molecule has 0 aromatic carbocycles. The second-order valence-electron chi connectivity index (χ2n) is 6.60. The van der Waals surface area contributed by atoms with Crippen LogP contribution < -0.4 is 16.0 Å². The Kier molecular flexibility index (Phi) is 2.78. The monoisotopic (exact) mass is 322 g/mol. The molecule has 1 aliphatic heterocycles. The van der Waals surface area contributed by atoms with Gasteiger partial charge < -0.3 is 16.0 Å². The summed E-state index contributed by atoms with van der Waals surface area (Å²) in [6, 6.07) is 6.15. The number of fused-ring (bicyclic) bond motifs is 2. The van der Waals surface area contributed by atoms with Crippen molar-refractivity contribution in [2.24, 2.45) is 17.6 Å². The van der Waals surface area contributed by atoms with Crippen molar-refractivity contribution in [1.82, 2.24) is 25.1 Å². The fourth-order valence-electron chi connectivity index (χ4n) is 3.54. The van der Waals surface area contributed by atoms with E-state index in [1.165, 1.54) is 0 Å². The maximum absolute atomic E-state index is 6.03. The Hall–Kier alpha value is -2.74. The Morgan fingerprint density at radius 3 is 2.88 bits per heavy atom. The molecule has 3 atom stereocenters. The number of nitrogens with zero attached hydrogens (tertiary/aromatic N) is 5. The highest BCUT2D eigenvalue weighted by molar-refractivity contribution is 5.89. The predicted molar refractivity (Wildman–Crippen MR) is 91.1 cm³/mol. The van der Waals surface area contributed by atoms with Crippen molar-refractivity contribution in [2.45, 2.75) is 13.0 Å². The minimum Gasteiger partial charge on any atom is -0.340 e. The van der Waals surface area contributed by atoms with Crippen LogP contribution in [-0.2, 0) is 0 Å². The van der Waals surface area contributed by atoms with Crippen LogP contribution in [0.15, 0.2) is 24.4 Å². The van der Waals surface area contributed by atoms with Crippen molar-refractivity contribution in [3.05, 3.63) is 30.1 Å². The Morgan fingerprint density at radius 2 is 2.12 bits per heavy atom. The Bertz CT molecular complexity index is 907. The molecule has 8 heteroatoms. The Labute approximate surface area is 138 Å². The Morgan fingerprint density at radius 1 is 1.29 bits per heavy atom. The molecule has 0 spiro atoms. The average Bonchev–Trinajstić information content (AvgIpc) is 2.99. The summed E-state index contributed by atoms with van der Waals surface area (Å²) in [5.41, 5.74) is 7.64. The van der Waals surface area contributed by atoms with Crippen LogP contribution in [0, 0.1) is 18.8 Å². The van der Waals surface area contributed by atoms with Gasteiger partial charge in [0.15, 0.2) is 5.65 Å². The second kappa shape index (κ2) is 4.88. The lowest BCUT2D eigenvalue weighted by Gasteiger charge is -2.20. The molecule has 2 fully saturated rings. The summed E-state index contributed by atoms with van der Waals surface area (Å²) < 4.78 is 0. The van der Waals surface area contributed by atoms with E-state index in [0.717, 1.165) is 35.8 Å². The van der Waals surface area contributed by atoms with Gasteiger partial charge in [-0.3, -0.25) is 5.10 Å². The number of rotatable bonds is 3. The molecular weight excluding hydrogens is 304 g/mol. The number of aromatic amines is 1. The minimum absolute atomic E-state index is 0.352. The first-order chi connectivity index (χ1) is 11.7. The molecule has 2 aliphatic rings. The molecule has 3 aromatic heterocycles. The molecule has 4 N–H and O–H groups in total. The summed E-state index contributed by atoms with van der Waals surface area (Å²) in [4.78, 5) is 16.0. The zero-order chi connectivity index (χ0) is 16.3. The summed E-state index contributed by atoms with van der Waals surface area (Å²) in [5, 5.41) is 11.3. The van der Waals surface area contributed by atoms with E-state index in [4.69, 9.17) is 10.7 Å². The van der Waals surface area contributed by atoms with E-state index in [-0.39, 0.29) is 0 Å². The first-order valence-electron chi connectivity index (χ1n) is 8.11. The number of aromatic nitrogens is 5. The fourth-order valence-corrected chi connectivity index (χ4v) is 3.54. The molecule has 1 saturated heterocycles. The molecule has 122 valence electrons. The van der Waals surface area contributed by atoms with Crippen molar-refractivity contribution in [2.75, 3.05) is 23.3 Å². The van der Waals surface area contributed by atoms with Crippen molar-refractivity contribution in [3.8, 4) is 0 Å². The van der Waals surface area contributed by atoms with Gasteiger partial charge in [-0.25, -0.2) is 4.98 Å². The van der Waals surface area contributed by atoms with Gasteiger partial charge in [-0.2, -0.15) is 15.1 Å². The van der Waals surface area contributed by atoms with Gasteiger partial charge in [-0.1, -0.05) is 0 Å². The van der Waals surface area contributed by atoms with Gasteiger partial charge in [-0.05, 0) is 30.9 Å². The molecule has 5 rings (SSSR count). The molecule has 3 aromatic rings. The number of nitrogens with two attached hydrogens (primary N) is 1. The van der Waals surface area contributed by atoms with E-state index >= 15 is 0 Å². The highest BCUT2D eigenvalue weighted by atomic mass is 15.3. The summed E-state index contributed by atoms with van der Waals surface area (Å²) in [6.45, 7) is 3.78. The van der Waals surface area contributed by atoms with Crippen molar-refractivity contribution in [1.29, 1.82) is 0 Å². The highest BCUT2D eigenvalue weighted by Gasteiger charge is 2.54. The molecule has 1 unspecified atom stereocenters.